The van der Waals surface area contributed by atoms with Crippen LogP contribution in [0.3, 0.4) is 0 Å². The van der Waals surface area contributed by atoms with Crippen molar-refractivity contribution in [2.24, 2.45) is 5.10 Å². The largest absolute Gasteiger partial charge is 0.502 e. The van der Waals surface area contributed by atoms with Crippen molar-refractivity contribution >= 4 is 23.7 Å². The Labute approximate surface area is 140 Å². The lowest BCUT2D eigenvalue weighted by atomic mass is 10.1. The molecule has 0 saturated carbocycles. The fourth-order valence-corrected chi connectivity index (χ4v) is 1.84. The van der Waals surface area contributed by atoms with Crippen LogP contribution < -0.4 is 10.9 Å². The second-order valence-electron chi connectivity index (χ2n) is 4.72. The maximum absolute atomic E-state index is 11.9. The van der Waals surface area contributed by atoms with E-state index in [1.807, 2.05) is 0 Å². The molecule has 0 saturated heterocycles. The molecule has 0 spiro atoms. The van der Waals surface area contributed by atoms with Crippen LogP contribution in [-0.2, 0) is 0 Å². The summed E-state index contributed by atoms with van der Waals surface area (Å²) < 4.78 is 0. The minimum absolute atomic E-state index is 0.170. The zero-order valence-electron chi connectivity index (χ0n) is 12.5. The molecule has 0 atom stereocenters. The van der Waals surface area contributed by atoms with Crippen molar-refractivity contribution in [1.29, 1.82) is 0 Å². The number of amides is 2. The lowest BCUT2D eigenvalue weighted by Gasteiger charge is -2.02. The molecule has 4 N–H and O–H groups in total. The number of nitrogens with zero attached hydrogens (tertiary/aromatic N) is 2. The second-order valence-corrected chi connectivity index (χ2v) is 4.72. The van der Waals surface area contributed by atoms with E-state index in [-0.39, 0.29) is 11.1 Å². The molecule has 25 heavy (non-hydrogen) atoms. The number of nitro benzene ring substituents is 1. The van der Waals surface area contributed by atoms with Crippen LogP contribution in [-0.4, -0.2) is 33.3 Å². The lowest BCUT2D eigenvalue weighted by Crippen LogP contribution is -2.20. The minimum atomic E-state index is -0.723. The third-order valence-corrected chi connectivity index (χ3v) is 3.09. The Bertz CT molecular complexity index is 848. The van der Waals surface area contributed by atoms with E-state index in [0.717, 1.165) is 12.1 Å². The molecule has 2 amide bonds. The summed E-state index contributed by atoms with van der Waals surface area (Å²) in [6.45, 7) is 0. The van der Waals surface area contributed by atoms with Gasteiger partial charge in [0.1, 0.15) is 0 Å². The van der Waals surface area contributed by atoms with Gasteiger partial charge in [-0.2, -0.15) is 5.10 Å². The van der Waals surface area contributed by atoms with Gasteiger partial charge in [0.05, 0.1) is 11.1 Å². The predicted molar refractivity (Wildman–Crippen MR) is 85.5 cm³/mol. The number of phenols is 1. The van der Waals surface area contributed by atoms with Crippen molar-refractivity contribution in [3.63, 3.8) is 0 Å². The first-order valence-corrected chi connectivity index (χ1v) is 6.77. The number of benzene rings is 2. The van der Waals surface area contributed by atoms with Gasteiger partial charge in [0.15, 0.2) is 5.75 Å². The summed E-state index contributed by atoms with van der Waals surface area (Å²) in [7, 11) is 0. The molecule has 2 aromatic carbocycles. The van der Waals surface area contributed by atoms with Gasteiger partial charge < -0.3 is 5.11 Å². The number of hydrazone groups is 1. The molecule has 2 rings (SSSR count). The van der Waals surface area contributed by atoms with Gasteiger partial charge in [-0.3, -0.25) is 24.9 Å². The van der Waals surface area contributed by atoms with Gasteiger partial charge in [-0.05, 0) is 42.0 Å². The summed E-state index contributed by atoms with van der Waals surface area (Å²) in [5.41, 5.74) is 4.00. The van der Waals surface area contributed by atoms with E-state index < -0.39 is 28.2 Å². The zero-order valence-corrected chi connectivity index (χ0v) is 12.5. The molecule has 0 heterocycles. The molecule has 0 bridgehead atoms. The summed E-state index contributed by atoms with van der Waals surface area (Å²) in [4.78, 5) is 32.9. The fraction of sp³-hybridized carbons (Fsp3) is 0. The quantitative estimate of drug-likeness (QED) is 0.276. The Balaban J connectivity index is 2.02. The monoisotopic (exact) mass is 344 g/mol. The number of nitro groups is 1. The highest BCUT2D eigenvalue weighted by molar-refractivity contribution is 5.97. The summed E-state index contributed by atoms with van der Waals surface area (Å²) >= 11 is 0. The van der Waals surface area contributed by atoms with Crippen LogP contribution in [0.15, 0.2) is 47.6 Å². The van der Waals surface area contributed by atoms with Crippen LogP contribution >= 0.6 is 0 Å². The van der Waals surface area contributed by atoms with Gasteiger partial charge in [-0.15, -0.1) is 0 Å². The first kappa shape index (κ1) is 17.6. The molecule has 0 aliphatic rings. The standard InChI is InChI=1S/C15H12N4O6/c20-13-7-9(1-6-12(13)19(24)25)8-16-17-14(21)10-2-4-11(5-3-10)15(22)18-23/h1-8,20,23H,(H,17,21)(H,18,22)/b16-8+. The highest BCUT2D eigenvalue weighted by Gasteiger charge is 2.12. The Morgan fingerprint density at radius 1 is 1.08 bits per heavy atom. The van der Waals surface area contributed by atoms with E-state index >= 15 is 0 Å². The number of nitrogens with one attached hydrogen (secondary N) is 2. The molecular formula is C15H12N4O6. The Kier molecular flexibility index (Phi) is 5.38. The molecule has 0 aliphatic heterocycles. The molecule has 128 valence electrons. The van der Waals surface area contributed by atoms with Crippen molar-refractivity contribution in [2.75, 3.05) is 0 Å². The van der Waals surface area contributed by atoms with Crippen molar-refractivity contribution in [3.05, 3.63) is 69.3 Å². The number of hydrogen-bond donors (Lipinski definition) is 4. The van der Waals surface area contributed by atoms with E-state index in [1.165, 1.54) is 42.0 Å². The van der Waals surface area contributed by atoms with Crippen LogP contribution in [0.2, 0.25) is 0 Å². The maximum Gasteiger partial charge on any atom is 0.310 e. The third-order valence-electron chi connectivity index (χ3n) is 3.09. The average Bonchev–Trinajstić information content (AvgIpc) is 2.60. The SMILES string of the molecule is O=C(NO)c1ccc(C(=O)N/N=C/c2ccc([N+](=O)[O-])c(O)c2)cc1. The number of hydroxylamine groups is 1. The van der Waals surface area contributed by atoms with Gasteiger partial charge in [0.25, 0.3) is 11.8 Å². The van der Waals surface area contributed by atoms with Gasteiger partial charge in [0, 0.05) is 17.2 Å². The normalized spacial score (nSPS) is 10.4. The van der Waals surface area contributed by atoms with Crippen LogP contribution in [0.5, 0.6) is 5.75 Å². The topological polar surface area (TPSA) is 154 Å². The first-order chi connectivity index (χ1) is 11.9. The summed E-state index contributed by atoms with van der Waals surface area (Å²) in [5, 5.41) is 32.3. The van der Waals surface area contributed by atoms with Gasteiger partial charge in [-0.25, -0.2) is 10.9 Å². The van der Waals surface area contributed by atoms with Crippen molar-refractivity contribution in [1.82, 2.24) is 10.9 Å². The smallest absolute Gasteiger partial charge is 0.310 e. The number of carbonyl (C=O) groups is 2. The number of aromatic hydroxyl groups is 1. The highest BCUT2D eigenvalue weighted by Crippen LogP contribution is 2.25. The second kappa shape index (κ2) is 7.66. The molecule has 10 heteroatoms. The van der Waals surface area contributed by atoms with E-state index in [0.29, 0.717) is 5.56 Å². The summed E-state index contributed by atoms with van der Waals surface area (Å²) in [6.07, 6.45) is 1.20. The van der Waals surface area contributed by atoms with Crippen LogP contribution in [0.25, 0.3) is 0 Å². The van der Waals surface area contributed by atoms with E-state index in [1.54, 1.807) is 0 Å². The Morgan fingerprint density at radius 2 is 1.68 bits per heavy atom. The minimum Gasteiger partial charge on any atom is -0.502 e. The van der Waals surface area contributed by atoms with Crippen molar-refractivity contribution in [2.45, 2.75) is 0 Å². The molecule has 0 unspecified atom stereocenters. The summed E-state index contributed by atoms with van der Waals surface area (Å²) in [6, 6.07) is 9.03. The number of hydrogen-bond acceptors (Lipinski definition) is 7. The molecule has 0 aliphatic carbocycles. The third kappa shape index (κ3) is 4.36. The lowest BCUT2D eigenvalue weighted by molar-refractivity contribution is -0.385. The van der Waals surface area contributed by atoms with E-state index in [4.69, 9.17) is 5.21 Å². The Hall–Kier alpha value is -3.79. The predicted octanol–water partition coefficient (Wildman–Crippen LogP) is 1.18. The molecule has 2 aromatic rings. The maximum atomic E-state index is 11.9. The molecule has 10 nitrogen and oxygen atoms in total. The number of carbonyl (C=O) groups excluding carboxylic acids is 2. The van der Waals surface area contributed by atoms with Crippen LogP contribution in [0.1, 0.15) is 26.3 Å². The van der Waals surface area contributed by atoms with E-state index in [2.05, 4.69) is 10.5 Å². The Morgan fingerprint density at radius 3 is 2.20 bits per heavy atom. The first-order valence-electron chi connectivity index (χ1n) is 6.77. The van der Waals surface area contributed by atoms with Gasteiger partial charge >= 0.3 is 5.69 Å². The molecular weight excluding hydrogens is 332 g/mol. The van der Waals surface area contributed by atoms with Crippen LogP contribution in [0, 0.1) is 10.1 Å². The zero-order chi connectivity index (χ0) is 18.4. The highest BCUT2D eigenvalue weighted by atomic mass is 16.6. The fourth-order valence-electron chi connectivity index (χ4n) is 1.84. The van der Waals surface area contributed by atoms with Crippen LogP contribution in [0.4, 0.5) is 5.69 Å². The molecule has 0 radical (unpaired) electrons. The summed E-state index contributed by atoms with van der Waals surface area (Å²) in [5.74, 6) is -1.78. The number of rotatable bonds is 5. The van der Waals surface area contributed by atoms with Gasteiger partial charge in [0.2, 0.25) is 0 Å². The number of phenolic OH excluding ortho intramolecular Hbond substituents is 1. The molecule has 0 aromatic heterocycles. The molecule has 0 fully saturated rings. The van der Waals surface area contributed by atoms with Crippen molar-refractivity contribution in [3.8, 4) is 5.75 Å². The van der Waals surface area contributed by atoms with Gasteiger partial charge in [-0.1, -0.05) is 0 Å². The van der Waals surface area contributed by atoms with Crippen molar-refractivity contribution < 1.29 is 24.8 Å². The van der Waals surface area contributed by atoms with E-state index in [9.17, 15) is 24.8 Å². The average molecular weight is 344 g/mol.